The number of carboxylic acid groups (broad SMARTS) is 1. The average molecular weight is 294 g/mol. The van der Waals surface area contributed by atoms with E-state index in [4.69, 9.17) is 5.11 Å². The Morgan fingerprint density at radius 1 is 1.30 bits per heavy atom. The topological polar surface area (TPSA) is 103 Å². The Labute approximate surface area is 119 Å². The number of hydrogen-bond donors (Lipinski definition) is 4. The largest absolute Gasteiger partial charge is 0.465 e. The first-order chi connectivity index (χ1) is 9.65. The average Bonchev–Trinajstić information content (AvgIpc) is 2.93. The number of aromatic nitrogens is 1. The van der Waals surface area contributed by atoms with Crippen molar-refractivity contribution in [1.29, 1.82) is 0 Å². The van der Waals surface area contributed by atoms with Crippen molar-refractivity contribution in [1.82, 2.24) is 10.3 Å². The molecule has 1 atom stereocenters. The molecule has 1 aromatic carbocycles. The highest BCUT2D eigenvalue weighted by Crippen LogP contribution is 2.28. The lowest BCUT2D eigenvalue weighted by molar-refractivity contribution is 0.177. The second-order valence-corrected chi connectivity index (χ2v) is 4.95. The van der Waals surface area contributed by atoms with Gasteiger partial charge in [0.1, 0.15) is 0 Å². The van der Waals surface area contributed by atoms with Gasteiger partial charge >= 0.3 is 6.09 Å². The normalized spacial score (nSPS) is 12.1. The van der Waals surface area contributed by atoms with Gasteiger partial charge in [0.2, 0.25) is 0 Å². The van der Waals surface area contributed by atoms with Crippen LogP contribution in [-0.2, 0) is 6.61 Å². The Hall–Kier alpha value is -1.96. The summed E-state index contributed by atoms with van der Waals surface area (Å²) in [7, 11) is 0. The maximum Gasteiger partial charge on any atom is 0.405 e. The summed E-state index contributed by atoms with van der Waals surface area (Å²) in [5.41, 5.74) is 3.85. The van der Waals surface area contributed by atoms with Crippen LogP contribution in [0.5, 0.6) is 0 Å². The summed E-state index contributed by atoms with van der Waals surface area (Å²) in [5, 5.41) is 29.3. The minimum atomic E-state index is -1.18. The van der Waals surface area contributed by atoms with Crippen LogP contribution < -0.4 is 5.32 Å². The molecule has 4 N–H and O–H groups in total. The number of amides is 1. The summed E-state index contributed by atoms with van der Waals surface area (Å²) in [4.78, 5) is 15.6. The van der Waals surface area contributed by atoms with Crippen LogP contribution in [0.25, 0.3) is 10.4 Å². The fraction of sp³-hybridized carbons (Fsp3) is 0.231. The molecule has 6 nitrogen and oxygen atoms in total. The van der Waals surface area contributed by atoms with E-state index in [1.807, 2.05) is 12.1 Å². The Balaban J connectivity index is 2.23. The summed E-state index contributed by atoms with van der Waals surface area (Å²) < 4.78 is 0. The number of carbonyl (C=O) groups is 1. The number of rotatable bonds is 5. The molecule has 0 spiro atoms. The molecule has 1 heterocycles. The SMILES string of the molecule is O=C(O)N[C@@H](CO)c1ccc(-c2scnc2CO)cc1. The van der Waals surface area contributed by atoms with E-state index in [0.717, 1.165) is 10.4 Å². The minimum absolute atomic E-state index is 0.125. The number of benzene rings is 1. The minimum Gasteiger partial charge on any atom is -0.465 e. The van der Waals surface area contributed by atoms with Crippen LogP contribution in [0.3, 0.4) is 0 Å². The smallest absolute Gasteiger partial charge is 0.405 e. The van der Waals surface area contributed by atoms with Crippen molar-refractivity contribution in [3.63, 3.8) is 0 Å². The second kappa shape index (κ2) is 6.47. The quantitative estimate of drug-likeness (QED) is 0.671. The lowest BCUT2D eigenvalue weighted by atomic mass is 10.0. The molecule has 1 aromatic heterocycles. The molecule has 2 rings (SSSR count). The van der Waals surface area contributed by atoms with Crippen molar-refractivity contribution in [3.8, 4) is 10.4 Å². The first-order valence-electron chi connectivity index (χ1n) is 5.89. The summed E-state index contributed by atoms with van der Waals surface area (Å²) in [5.74, 6) is 0. The molecule has 0 radical (unpaired) electrons. The Morgan fingerprint density at radius 3 is 2.55 bits per heavy atom. The highest BCUT2D eigenvalue weighted by Gasteiger charge is 2.14. The maximum atomic E-state index is 10.6. The van der Waals surface area contributed by atoms with Crippen molar-refractivity contribution in [2.75, 3.05) is 6.61 Å². The second-order valence-electron chi connectivity index (χ2n) is 4.09. The zero-order chi connectivity index (χ0) is 14.5. The van der Waals surface area contributed by atoms with Crippen LogP contribution in [0.4, 0.5) is 4.79 Å². The standard InChI is InChI=1S/C13H14N2O4S/c16-5-10(15-13(18)19)8-1-3-9(4-2-8)12-11(6-17)14-7-20-12/h1-4,7,10,15-17H,5-6H2,(H,18,19)/t10-/m0/s1. The third kappa shape index (κ3) is 3.13. The first kappa shape index (κ1) is 14.4. The number of nitrogens with one attached hydrogen (secondary N) is 1. The van der Waals surface area contributed by atoms with Gasteiger partial charge in [-0.3, -0.25) is 0 Å². The summed E-state index contributed by atoms with van der Waals surface area (Å²) in [6.07, 6.45) is -1.18. The van der Waals surface area contributed by atoms with E-state index in [2.05, 4.69) is 10.3 Å². The number of thiazole rings is 1. The molecule has 0 aliphatic rings. The molecule has 0 unspecified atom stereocenters. The monoisotopic (exact) mass is 294 g/mol. The number of nitrogens with zero attached hydrogens (tertiary/aromatic N) is 1. The van der Waals surface area contributed by atoms with Gasteiger partial charge in [-0.25, -0.2) is 9.78 Å². The van der Waals surface area contributed by atoms with E-state index in [1.54, 1.807) is 17.6 Å². The van der Waals surface area contributed by atoms with Crippen LogP contribution in [-0.4, -0.2) is 33.0 Å². The van der Waals surface area contributed by atoms with Crippen molar-refractivity contribution in [2.24, 2.45) is 0 Å². The molecular formula is C13H14N2O4S. The van der Waals surface area contributed by atoms with E-state index in [9.17, 15) is 15.0 Å². The number of aliphatic hydroxyl groups is 2. The van der Waals surface area contributed by atoms with Crippen molar-refractivity contribution >= 4 is 17.4 Å². The van der Waals surface area contributed by atoms with Crippen LogP contribution in [0.1, 0.15) is 17.3 Å². The third-order valence-electron chi connectivity index (χ3n) is 2.85. The van der Waals surface area contributed by atoms with Crippen molar-refractivity contribution in [2.45, 2.75) is 12.6 Å². The van der Waals surface area contributed by atoms with Gasteiger partial charge in [0, 0.05) is 0 Å². The number of aliphatic hydroxyl groups excluding tert-OH is 2. The number of hydrogen-bond acceptors (Lipinski definition) is 5. The molecule has 1 amide bonds. The predicted molar refractivity (Wildman–Crippen MR) is 74.5 cm³/mol. The van der Waals surface area contributed by atoms with E-state index < -0.39 is 12.1 Å². The lowest BCUT2D eigenvalue weighted by Crippen LogP contribution is -2.29. The van der Waals surface area contributed by atoms with Gasteiger partial charge in [0.25, 0.3) is 0 Å². The van der Waals surface area contributed by atoms with Crippen LogP contribution in [0, 0.1) is 0 Å². The lowest BCUT2D eigenvalue weighted by Gasteiger charge is -2.14. The summed E-state index contributed by atoms with van der Waals surface area (Å²) >= 11 is 1.43. The van der Waals surface area contributed by atoms with Gasteiger partial charge < -0.3 is 20.6 Å². The summed E-state index contributed by atoms with van der Waals surface area (Å²) in [6.45, 7) is -0.436. The Kier molecular flexibility index (Phi) is 4.67. The highest BCUT2D eigenvalue weighted by molar-refractivity contribution is 7.13. The van der Waals surface area contributed by atoms with Gasteiger partial charge in [0.05, 0.1) is 35.3 Å². The molecule has 0 saturated carbocycles. The zero-order valence-corrected chi connectivity index (χ0v) is 11.3. The van der Waals surface area contributed by atoms with Crippen LogP contribution in [0.15, 0.2) is 29.8 Å². The van der Waals surface area contributed by atoms with Gasteiger partial charge in [0.15, 0.2) is 0 Å². The van der Waals surface area contributed by atoms with Crippen molar-refractivity contribution in [3.05, 3.63) is 41.0 Å². The van der Waals surface area contributed by atoms with Crippen LogP contribution in [0.2, 0.25) is 0 Å². The zero-order valence-electron chi connectivity index (χ0n) is 10.5. The molecule has 0 bridgehead atoms. The molecule has 0 saturated heterocycles. The van der Waals surface area contributed by atoms with E-state index >= 15 is 0 Å². The van der Waals surface area contributed by atoms with E-state index in [0.29, 0.717) is 11.3 Å². The van der Waals surface area contributed by atoms with Gasteiger partial charge in [-0.15, -0.1) is 11.3 Å². The molecule has 0 fully saturated rings. The Morgan fingerprint density at radius 2 is 2.00 bits per heavy atom. The molecule has 20 heavy (non-hydrogen) atoms. The molecule has 0 aliphatic carbocycles. The molecular weight excluding hydrogens is 280 g/mol. The fourth-order valence-corrected chi connectivity index (χ4v) is 2.68. The molecule has 2 aromatic rings. The predicted octanol–water partition coefficient (Wildman–Crippen LogP) is 1.60. The summed E-state index contributed by atoms with van der Waals surface area (Å²) in [6, 6.07) is 6.46. The Bertz CT molecular complexity index is 582. The van der Waals surface area contributed by atoms with Crippen molar-refractivity contribution < 1.29 is 20.1 Å². The van der Waals surface area contributed by atoms with E-state index in [-0.39, 0.29) is 13.2 Å². The third-order valence-corrected chi connectivity index (χ3v) is 3.76. The van der Waals surface area contributed by atoms with Gasteiger partial charge in [-0.2, -0.15) is 0 Å². The molecule has 7 heteroatoms. The first-order valence-corrected chi connectivity index (χ1v) is 6.77. The molecule has 0 aliphatic heterocycles. The fourth-order valence-electron chi connectivity index (χ4n) is 1.87. The van der Waals surface area contributed by atoms with Gasteiger partial charge in [-0.1, -0.05) is 24.3 Å². The van der Waals surface area contributed by atoms with Gasteiger partial charge in [-0.05, 0) is 11.1 Å². The highest BCUT2D eigenvalue weighted by atomic mass is 32.1. The van der Waals surface area contributed by atoms with Crippen LogP contribution >= 0.6 is 11.3 Å². The maximum absolute atomic E-state index is 10.6. The van der Waals surface area contributed by atoms with E-state index in [1.165, 1.54) is 11.3 Å². The molecule has 106 valence electrons.